The highest BCUT2D eigenvalue weighted by Crippen LogP contribution is 2.26. The lowest BCUT2D eigenvalue weighted by molar-refractivity contribution is -0.384. The largest absolute Gasteiger partial charge is 0.481 e. The number of hydrogen-bond donors (Lipinski definition) is 2. The third-order valence-electron chi connectivity index (χ3n) is 3.44. The Balaban J connectivity index is 2.00. The van der Waals surface area contributed by atoms with Gasteiger partial charge in [0.2, 0.25) is 0 Å². The molecule has 7 heteroatoms. The number of carboxylic acids is 1. The number of rotatable bonds is 4. The number of nitrogens with one attached hydrogen (secondary N) is 1. The second kappa shape index (κ2) is 5.68. The summed E-state index contributed by atoms with van der Waals surface area (Å²) < 4.78 is 0. The minimum Gasteiger partial charge on any atom is -0.481 e. The summed E-state index contributed by atoms with van der Waals surface area (Å²) in [5, 5.41) is 22.3. The molecule has 1 fully saturated rings. The van der Waals surface area contributed by atoms with Gasteiger partial charge in [0.15, 0.2) is 0 Å². The minimum absolute atomic E-state index is 0.146. The molecule has 0 aliphatic heterocycles. The molecular formula is C13H14N2O5. The molecular weight excluding hydrogens is 264 g/mol. The Morgan fingerprint density at radius 3 is 2.70 bits per heavy atom. The molecule has 0 bridgehead atoms. The van der Waals surface area contributed by atoms with Crippen molar-refractivity contribution in [1.82, 2.24) is 5.32 Å². The van der Waals surface area contributed by atoms with Gasteiger partial charge in [0.25, 0.3) is 11.6 Å². The van der Waals surface area contributed by atoms with Gasteiger partial charge < -0.3 is 10.4 Å². The summed E-state index contributed by atoms with van der Waals surface area (Å²) in [6.07, 6.45) is 1.54. The third kappa shape index (κ3) is 3.11. The number of carbonyl (C=O) groups is 2. The summed E-state index contributed by atoms with van der Waals surface area (Å²) in [5.41, 5.74) is 0.0606. The van der Waals surface area contributed by atoms with Crippen LogP contribution in [0.4, 0.5) is 5.69 Å². The average molecular weight is 278 g/mol. The van der Waals surface area contributed by atoms with Gasteiger partial charge >= 0.3 is 5.97 Å². The van der Waals surface area contributed by atoms with Gasteiger partial charge in [-0.1, -0.05) is 6.07 Å². The van der Waals surface area contributed by atoms with Crippen LogP contribution in [0.2, 0.25) is 0 Å². The monoisotopic (exact) mass is 278 g/mol. The first-order valence-electron chi connectivity index (χ1n) is 6.25. The topological polar surface area (TPSA) is 110 Å². The highest BCUT2D eigenvalue weighted by Gasteiger charge is 2.30. The Labute approximate surface area is 114 Å². The van der Waals surface area contributed by atoms with Crippen molar-refractivity contribution >= 4 is 17.6 Å². The number of aliphatic carboxylic acids is 1. The van der Waals surface area contributed by atoms with Crippen molar-refractivity contribution in [2.24, 2.45) is 5.92 Å². The maximum atomic E-state index is 12.0. The fraction of sp³-hybridized carbons (Fsp3) is 0.385. The average Bonchev–Trinajstić information content (AvgIpc) is 2.87. The van der Waals surface area contributed by atoms with Crippen molar-refractivity contribution in [2.45, 2.75) is 25.3 Å². The van der Waals surface area contributed by atoms with Crippen LogP contribution in [0.3, 0.4) is 0 Å². The molecule has 1 saturated carbocycles. The molecule has 0 spiro atoms. The lowest BCUT2D eigenvalue weighted by Gasteiger charge is -2.12. The minimum atomic E-state index is -0.850. The van der Waals surface area contributed by atoms with Gasteiger partial charge in [-0.3, -0.25) is 19.7 Å². The Morgan fingerprint density at radius 2 is 2.10 bits per heavy atom. The summed E-state index contributed by atoms with van der Waals surface area (Å²) in [5.74, 6) is -1.69. The van der Waals surface area contributed by atoms with Gasteiger partial charge in [0.05, 0.1) is 10.8 Å². The smallest absolute Gasteiger partial charge is 0.306 e. The molecule has 1 aromatic rings. The van der Waals surface area contributed by atoms with Gasteiger partial charge in [0, 0.05) is 23.7 Å². The summed E-state index contributed by atoms with van der Waals surface area (Å²) in [7, 11) is 0. The van der Waals surface area contributed by atoms with E-state index in [1.54, 1.807) is 0 Å². The van der Waals surface area contributed by atoms with Gasteiger partial charge in [-0.2, -0.15) is 0 Å². The van der Waals surface area contributed by atoms with E-state index in [2.05, 4.69) is 5.32 Å². The van der Waals surface area contributed by atoms with Crippen molar-refractivity contribution < 1.29 is 19.6 Å². The number of carbonyl (C=O) groups excluding carboxylic acids is 1. The molecule has 1 aliphatic rings. The number of amides is 1. The predicted octanol–water partition coefficient (Wildman–Crippen LogP) is 1.58. The van der Waals surface area contributed by atoms with E-state index in [4.69, 9.17) is 5.11 Å². The number of hydrogen-bond acceptors (Lipinski definition) is 4. The zero-order chi connectivity index (χ0) is 14.7. The third-order valence-corrected chi connectivity index (χ3v) is 3.44. The Bertz CT molecular complexity index is 557. The van der Waals surface area contributed by atoms with E-state index in [1.165, 1.54) is 24.3 Å². The first-order valence-corrected chi connectivity index (χ1v) is 6.25. The van der Waals surface area contributed by atoms with E-state index in [9.17, 15) is 19.7 Å². The van der Waals surface area contributed by atoms with Gasteiger partial charge in [-0.25, -0.2) is 0 Å². The molecule has 1 aliphatic carbocycles. The van der Waals surface area contributed by atoms with Crippen LogP contribution < -0.4 is 5.32 Å². The number of nitro benzene ring substituents is 1. The van der Waals surface area contributed by atoms with Crippen LogP contribution in [0.1, 0.15) is 29.6 Å². The van der Waals surface area contributed by atoms with E-state index in [1.807, 2.05) is 0 Å². The van der Waals surface area contributed by atoms with Crippen molar-refractivity contribution in [1.29, 1.82) is 0 Å². The number of nitrogens with zero attached hydrogens (tertiary/aromatic N) is 1. The fourth-order valence-electron chi connectivity index (χ4n) is 2.37. The summed E-state index contributed by atoms with van der Waals surface area (Å²) in [4.78, 5) is 32.9. The quantitative estimate of drug-likeness (QED) is 0.641. The first kappa shape index (κ1) is 14.0. The van der Waals surface area contributed by atoms with E-state index < -0.39 is 22.7 Å². The van der Waals surface area contributed by atoms with Gasteiger partial charge in [-0.05, 0) is 25.3 Å². The molecule has 2 N–H and O–H groups in total. The van der Waals surface area contributed by atoms with Crippen LogP contribution in [-0.2, 0) is 4.79 Å². The van der Waals surface area contributed by atoms with Crippen molar-refractivity contribution in [3.63, 3.8) is 0 Å². The predicted molar refractivity (Wildman–Crippen MR) is 69.3 cm³/mol. The maximum absolute atomic E-state index is 12.0. The molecule has 1 amide bonds. The zero-order valence-electron chi connectivity index (χ0n) is 10.6. The molecule has 0 saturated heterocycles. The van der Waals surface area contributed by atoms with Crippen LogP contribution in [0, 0.1) is 16.0 Å². The van der Waals surface area contributed by atoms with Gasteiger partial charge in [-0.15, -0.1) is 0 Å². The molecule has 0 aromatic heterocycles. The van der Waals surface area contributed by atoms with Crippen LogP contribution in [-0.4, -0.2) is 27.9 Å². The van der Waals surface area contributed by atoms with Crippen molar-refractivity contribution in [3.05, 3.63) is 39.9 Å². The number of nitro groups is 1. The second-order valence-electron chi connectivity index (χ2n) is 4.83. The number of carboxylic acid groups (broad SMARTS) is 1. The Kier molecular flexibility index (Phi) is 3.97. The Morgan fingerprint density at radius 1 is 1.35 bits per heavy atom. The first-order chi connectivity index (χ1) is 9.47. The van der Waals surface area contributed by atoms with E-state index >= 15 is 0 Å². The molecule has 0 radical (unpaired) electrons. The Hall–Kier alpha value is -2.44. The maximum Gasteiger partial charge on any atom is 0.306 e. The summed E-state index contributed by atoms with van der Waals surface area (Å²) in [6, 6.07) is 5.27. The fourth-order valence-corrected chi connectivity index (χ4v) is 2.37. The van der Waals surface area contributed by atoms with Gasteiger partial charge in [0.1, 0.15) is 0 Å². The molecule has 1 aromatic carbocycles. The van der Waals surface area contributed by atoms with Crippen LogP contribution in [0.25, 0.3) is 0 Å². The van der Waals surface area contributed by atoms with E-state index in [-0.39, 0.29) is 17.3 Å². The molecule has 0 heterocycles. The van der Waals surface area contributed by atoms with E-state index in [0.717, 1.165) is 0 Å². The summed E-state index contributed by atoms with van der Waals surface area (Å²) >= 11 is 0. The SMILES string of the molecule is O=C(N[C@H]1CC[C@@H](C(=O)O)C1)c1cccc([N+](=O)[O-])c1. The van der Waals surface area contributed by atoms with Crippen LogP contribution >= 0.6 is 0 Å². The van der Waals surface area contributed by atoms with Crippen LogP contribution in [0.15, 0.2) is 24.3 Å². The second-order valence-corrected chi connectivity index (χ2v) is 4.83. The molecule has 2 atom stereocenters. The van der Waals surface area contributed by atoms with Crippen molar-refractivity contribution in [2.75, 3.05) is 0 Å². The van der Waals surface area contributed by atoms with Crippen LogP contribution in [0.5, 0.6) is 0 Å². The lowest BCUT2D eigenvalue weighted by atomic mass is 10.1. The standard InChI is InChI=1S/C13H14N2O5/c16-12(8-2-1-3-11(7-8)15(19)20)14-10-5-4-9(6-10)13(17)18/h1-3,7,9-10H,4-6H2,(H,14,16)(H,17,18)/t9-,10+/m1/s1. The number of non-ortho nitro benzene ring substituents is 1. The highest BCUT2D eigenvalue weighted by atomic mass is 16.6. The zero-order valence-corrected chi connectivity index (χ0v) is 10.6. The molecule has 2 rings (SSSR count). The molecule has 7 nitrogen and oxygen atoms in total. The normalized spacial score (nSPS) is 21.4. The lowest BCUT2D eigenvalue weighted by Crippen LogP contribution is -2.33. The summed E-state index contributed by atoms with van der Waals surface area (Å²) in [6.45, 7) is 0. The number of benzene rings is 1. The molecule has 20 heavy (non-hydrogen) atoms. The van der Waals surface area contributed by atoms with E-state index in [0.29, 0.717) is 19.3 Å². The highest BCUT2D eigenvalue weighted by molar-refractivity contribution is 5.95. The molecule has 106 valence electrons. The van der Waals surface area contributed by atoms with Crippen molar-refractivity contribution in [3.8, 4) is 0 Å². The molecule has 0 unspecified atom stereocenters.